The third kappa shape index (κ3) is 19.8. The Morgan fingerprint density at radius 1 is 0.842 bits per heavy atom. The Balaban J connectivity index is 2.20. The molecule has 0 radical (unpaired) electrons. The van der Waals surface area contributed by atoms with E-state index < -0.39 is 0 Å². The van der Waals surface area contributed by atoms with Gasteiger partial charge in [-0.2, -0.15) is 0 Å². The maximum absolute atomic E-state index is 12.3. The van der Waals surface area contributed by atoms with Gasteiger partial charge >= 0.3 is 5.97 Å². The number of esters is 1. The number of aliphatic hydroxyl groups is 1. The third-order valence-electron chi connectivity index (χ3n) is 7.81. The summed E-state index contributed by atoms with van der Waals surface area (Å²) in [7, 11) is 1.45. The van der Waals surface area contributed by atoms with Crippen LogP contribution in [0.15, 0.2) is 0 Å². The Morgan fingerprint density at radius 3 is 2.11 bits per heavy atom. The highest BCUT2D eigenvalue weighted by molar-refractivity contribution is 5.75. The summed E-state index contributed by atoms with van der Waals surface area (Å²) in [5.74, 6) is 0.640. The van der Waals surface area contributed by atoms with Gasteiger partial charge in [-0.15, -0.1) is 0 Å². The lowest BCUT2D eigenvalue weighted by Crippen LogP contribution is -2.38. The fraction of sp³-hybridized carbons (Fsp3) is 0.935. The van der Waals surface area contributed by atoms with Gasteiger partial charge in [0.25, 0.3) is 0 Å². The molecule has 1 aliphatic rings. The summed E-state index contributed by atoms with van der Waals surface area (Å²) in [6.07, 6.45) is 18.9. The molecule has 1 atom stereocenters. The van der Waals surface area contributed by atoms with Crippen LogP contribution >= 0.6 is 0 Å². The summed E-state index contributed by atoms with van der Waals surface area (Å²) >= 11 is 0. The van der Waals surface area contributed by atoms with Crippen molar-refractivity contribution in [3.8, 4) is 0 Å². The Bertz CT molecular complexity index is 585. The van der Waals surface area contributed by atoms with Crippen molar-refractivity contribution in [2.75, 3.05) is 53.0 Å². The summed E-state index contributed by atoms with van der Waals surface area (Å²) in [5.41, 5.74) is 0. The quantitative estimate of drug-likeness (QED) is 0.105. The molecule has 1 fully saturated rings. The van der Waals surface area contributed by atoms with Crippen LogP contribution in [-0.4, -0.2) is 85.8 Å². The number of hydrogen-bond donors (Lipinski definition) is 2. The molecular formula is C31H61N3O4. The number of carbonyl (C=O) groups excluding carboxylic acids is 2. The van der Waals surface area contributed by atoms with E-state index in [2.05, 4.69) is 29.0 Å². The second-order valence-corrected chi connectivity index (χ2v) is 11.5. The second-order valence-electron chi connectivity index (χ2n) is 11.5. The van der Waals surface area contributed by atoms with Crippen molar-refractivity contribution < 1.29 is 19.4 Å². The monoisotopic (exact) mass is 539 g/mol. The summed E-state index contributed by atoms with van der Waals surface area (Å²) < 4.78 is 4.74. The molecule has 0 aromatic rings. The molecule has 1 rings (SSSR count). The summed E-state index contributed by atoms with van der Waals surface area (Å²) in [6.45, 7) is 10.4. The number of nitrogens with one attached hydrogen (secondary N) is 1. The first-order valence-electron chi connectivity index (χ1n) is 15.9. The molecule has 1 aliphatic carbocycles. The number of methoxy groups -OCH3 is 1. The highest BCUT2D eigenvalue weighted by atomic mass is 16.5. The van der Waals surface area contributed by atoms with Crippen molar-refractivity contribution in [3.63, 3.8) is 0 Å². The largest absolute Gasteiger partial charge is 0.469 e. The van der Waals surface area contributed by atoms with Crippen LogP contribution in [0.2, 0.25) is 0 Å². The molecule has 0 heterocycles. The lowest BCUT2D eigenvalue weighted by molar-refractivity contribution is -0.140. The molecule has 7 nitrogen and oxygen atoms in total. The standard InChI is InChI=1S/C31H61N3O4/c1-4-5-6-7-8-11-16-28(2)27-32-30(36)17-12-9-14-21-33(22-15-10-13-18-31(37)38-3)23-24-34(25-26-35)29-19-20-29/h28-29,35H,4-27H2,1-3H3,(H,32,36). The number of unbranched alkanes of at least 4 members (excludes halogenated alkanes) is 9. The maximum atomic E-state index is 12.3. The number of ether oxygens (including phenoxy) is 1. The summed E-state index contributed by atoms with van der Waals surface area (Å²) in [6, 6.07) is 0.663. The van der Waals surface area contributed by atoms with Crippen molar-refractivity contribution in [2.24, 2.45) is 5.92 Å². The number of amides is 1. The fourth-order valence-corrected chi connectivity index (χ4v) is 5.08. The topological polar surface area (TPSA) is 82.1 Å². The zero-order valence-electron chi connectivity index (χ0n) is 25.2. The Labute approximate surface area is 234 Å². The van der Waals surface area contributed by atoms with Crippen LogP contribution in [0.5, 0.6) is 0 Å². The molecule has 38 heavy (non-hydrogen) atoms. The van der Waals surface area contributed by atoms with Gasteiger partial charge in [0, 0.05) is 45.1 Å². The summed E-state index contributed by atoms with van der Waals surface area (Å²) in [4.78, 5) is 28.6. The SMILES string of the molecule is CCCCCCCCC(C)CNC(=O)CCCCCN(CCCCCC(=O)OC)CCN(CCO)C1CC1. The molecule has 224 valence electrons. The zero-order valence-corrected chi connectivity index (χ0v) is 25.2. The first kappa shape index (κ1) is 34.8. The van der Waals surface area contributed by atoms with E-state index >= 15 is 0 Å². The van der Waals surface area contributed by atoms with Gasteiger partial charge in [-0.25, -0.2) is 0 Å². The minimum absolute atomic E-state index is 0.123. The van der Waals surface area contributed by atoms with Gasteiger partial charge in [-0.3, -0.25) is 14.5 Å². The third-order valence-corrected chi connectivity index (χ3v) is 7.81. The molecule has 0 bridgehead atoms. The molecule has 1 amide bonds. The van der Waals surface area contributed by atoms with Crippen molar-refractivity contribution >= 4 is 11.9 Å². The van der Waals surface area contributed by atoms with Gasteiger partial charge in [-0.1, -0.05) is 65.2 Å². The number of rotatable bonds is 27. The van der Waals surface area contributed by atoms with E-state index in [4.69, 9.17) is 4.74 Å². The van der Waals surface area contributed by atoms with E-state index in [0.717, 1.165) is 77.8 Å². The highest BCUT2D eigenvalue weighted by Gasteiger charge is 2.28. The molecule has 0 saturated heterocycles. The highest BCUT2D eigenvalue weighted by Crippen LogP contribution is 2.26. The molecular weight excluding hydrogens is 478 g/mol. The number of nitrogens with zero attached hydrogens (tertiary/aromatic N) is 2. The van der Waals surface area contributed by atoms with Crippen molar-refractivity contribution in [1.29, 1.82) is 0 Å². The van der Waals surface area contributed by atoms with Crippen LogP contribution in [0.3, 0.4) is 0 Å². The smallest absolute Gasteiger partial charge is 0.305 e. The van der Waals surface area contributed by atoms with Gasteiger partial charge in [-0.05, 0) is 64.0 Å². The van der Waals surface area contributed by atoms with Gasteiger partial charge in [0.2, 0.25) is 5.91 Å². The number of carbonyl (C=O) groups is 2. The zero-order chi connectivity index (χ0) is 27.8. The van der Waals surface area contributed by atoms with E-state index in [1.54, 1.807) is 0 Å². The van der Waals surface area contributed by atoms with Crippen molar-refractivity contribution in [3.05, 3.63) is 0 Å². The van der Waals surface area contributed by atoms with Crippen LogP contribution < -0.4 is 5.32 Å². The lowest BCUT2D eigenvalue weighted by atomic mass is 10.0. The van der Waals surface area contributed by atoms with Crippen molar-refractivity contribution in [2.45, 2.75) is 129 Å². The van der Waals surface area contributed by atoms with Crippen LogP contribution in [-0.2, 0) is 14.3 Å². The molecule has 0 aromatic carbocycles. The fourth-order valence-electron chi connectivity index (χ4n) is 5.08. The van der Waals surface area contributed by atoms with Gasteiger partial charge in [0.1, 0.15) is 0 Å². The second kappa shape index (κ2) is 23.7. The van der Waals surface area contributed by atoms with Gasteiger partial charge in [0.15, 0.2) is 0 Å². The molecule has 0 aliphatic heterocycles. The van der Waals surface area contributed by atoms with Gasteiger partial charge < -0.3 is 20.1 Å². The van der Waals surface area contributed by atoms with E-state index in [-0.39, 0.29) is 18.5 Å². The first-order valence-corrected chi connectivity index (χ1v) is 15.9. The molecule has 1 saturated carbocycles. The number of aliphatic hydroxyl groups excluding tert-OH is 1. The minimum atomic E-state index is -0.123. The van der Waals surface area contributed by atoms with Crippen LogP contribution in [0.25, 0.3) is 0 Å². The van der Waals surface area contributed by atoms with Gasteiger partial charge in [0.05, 0.1) is 13.7 Å². The van der Waals surface area contributed by atoms with E-state index in [0.29, 0.717) is 24.8 Å². The van der Waals surface area contributed by atoms with Crippen molar-refractivity contribution in [1.82, 2.24) is 15.1 Å². The Hall–Kier alpha value is -1.18. The molecule has 7 heteroatoms. The average Bonchev–Trinajstić information content (AvgIpc) is 3.76. The molecule has 1 unspecified atom stereocenters. The molecule has 2 N–H and O–H groups in total. The Kier molecular flexibility index (Phi) is 21.7. The maximum Gasteiger partial charge on any atom is 0.305 e. The van der Waals surface area contributed by atoms with E-state index in [1.165, 1.54) is 64.9 Å². The normalized spacial score (nSPS) is 14.3. The first-order chi connectivity index (χ1) is 18.5. The molecule has 0 spiro atoms. The summed E-state index contributed by atoms with van der Waals surface area (Å²) in [5, 5.41) is 12.6. The molecule has 0 aromatic heterocycles. The predicted octanol–water partition coefficient (Wildman–Crippen LogP) is 5.54. The Morgan fingerprint density at radius 2 is 1.47 bits per heavy atom. The van der Waals surface area contributed by atoms with Crippen LogP contribution in [0, 0.1) is 5.92 Å². The number of hydrogen-bond acceptors (Lipinski definition) is 6. The van der Waals surface area contributed by atoms with Crippen LogP contribution in [0.4, 0.5) is 0 Å². The van der Waals surface area contributed by atoms with E-state index in [1.807, 2.05) is 0 Å². The predicted molar refractivity (Wildman–Crippen MR) is 157 cm³/mol. The minimum Gasteiger partial charge on any atom is -0.469 e. The lowest BCUT2D eigenvalue weighted by Gasteiger charge is -2.27. The average molecular weight is 540 g/mol. The van der Waals surface area contributed by atoms with E-state index in [9.17, 15) is 14.7 Å². The van der Waals surface area contributed by atoms with Crippen LogP contribution in [0.1, 0.15) is 123 Å².